The Labute approximate surface area is 166 Å². The van der Waals surface area contributed by atoms with Crippen molar-refractivity contribution in [2.75, 3.05) is 26.7 Å². The van der Waals surface area contributed by atoms with E-state index in [1.807, 2.05) is 7.05 Å². The lowest BCUT2D eigenvalue weighted by Crippen LogP contribution is -2.34. The van der Waals surface area contributed by atoms with Gasteiger partial charge in [-0.25, -0.2) is 8.78 Å². The molecule has 1 saturated heterocycles. The predicted molar refractivity (Wildman–Crippen MR) is 105 cm³/mol. The highest BCUT2D eigenvalue weighted by Gasteiger charge is 2.48. The fourth-order valence-corrected chi connectivity index (χ4v) is 5.50. The van der Waals surface area contributed by atoms with E-state index in [4.69, 9.17) is 4.74 Å². The molecule has 0 unspecified atom stereocenters. The summed E-state index contributed by atoms with van der Waals surface area (Å²) in [5.74, 6) is -2.35. The van der Waals surface area contributed by atoms with Crippen LogP contribution < -0.4 is 10.6 Å². The molecule has 0 atom stereocenters. The molecule has 0 amide bonds. The number of fused-ring (bicyclic) bond motifs is 1. The van der Waals surface area contributed by atoms with Gasteiger partial charge in [0.15, 0.2) is 0 Å². The quantitative estimate of drug-likeness (QED) is 0.725. The number of halogens is 2. The van der Waals surface area contributed by atoms with Crippen LogP contribution in [0.25, 0.3) is 0 Å². The number of rotatable bonds is 6. The van der Waals surface area contributed by atoms with E-state index in [-0.39, 0.29) is 24.0 Å². The molecule has 7 heteroatoms. The maximum Gasteiger partial charge on any atom is 0.272 e. The summed E-state index contributed by atoms with van der Waals surface area (Å²) in [4.78, 5) is 0. The van der Waals surface area contributed by atoms with Crippen LogP contribution in [-0.2, 0) is 24.2 Å². The van der Waals surface area contributed by atoms with Crippen LogP contribution in [0.4, 0.5) is 8.78 Å². The van der Waals surface area contributed by atoms with Crippen molar-refractivity contribution in [3.05, 3.63) is 17.0 Å². The lowest BCUT2D eigenvalue weighted by Gasteiger charge is -2.37. The van der Waals surface area contributed by atoms with Gasteiger partial charge in [-0.2, -0.15) is 5.10 Å². The molecular formula is C21H34F2N4O. The first-order chi connectivity index (χ1) is 13.2. The Bertz CT molecular complexity index is 708. The van der Waals surface area contributed by atoms with E-state index >= 15 is 0 Å². The molecule has 4 rings (SSSR count). The van der Waals surface area contributed by atoms with Crippen molar-refractivity contribution < 1.29 is 13.5 Å². The topological polar surface area (TPSA) is 51.1 Å². The number of hydrogen-bond acceptors (Lipinski definition) is 4. The summed E-state index contributed by atoms with van der Waals surface area (Å²) in [6, 6.07) is 0. The van der Waals surface area contributed by atoms with Gasteiger partial charge < -0.3 is 15.4 Å². The van der Waals surface area contributed by atoms with Crippen molar-refractivity contribution in [1.29, 1.82) is 0 Å². The first-order valence-electron chi connectivity index (χ1n) is 10.7. The normalized spacial score (nSPS) is 30.8. The van der Waals surface area contributed by atoms with Crippen molar-refractivity contribution in [2.24, 2.45) is 5.41 Å². The van der Waals surface area contributed by atoms with Gasteiger partial charge in [-0.3, -0.25) is 4.68 Å². The molecule has 0 bridgehead atoms. The van der Waals surface area contributed by atoms with Gasteiger partial charge >= 0.3 is 0 Å². The summed E-state index contributed by atoms with van der Waals surface area (Å²) in [5.41, 5.74) is 3.09. The summed E-state index contributed by atoms with van der Waals surface area (Å²) in [7, 11) is 1.92. The Hall–Kier alpha value is -1.05. The van der Waals surface area contributed by atoms with Crippen LogP contribution >= 0.6 is 0 Å². The molecule has 1 saturated carbocycles. The Kier molecular flexibility index (Phi) is 5.30. The predicted octanol–water partition coefficient (Wildman–Crippen LogP) is 3.23. The lowest BCUT2D eigenvalue weighted by molar-refractivity contribution is -0.0295. The van der Waals surface area contributed by atoms with Gasteiger partial charge in [0.2, 0.25) is 0 Å². The van der Waals surface area contributed by atoms with Crippen LogP contribution in [0.15, 0.2) is 0 Å². The fourth-order valence-electron chi connectivity index (χ4n) is 5.50. The molecule has 5 nitrogen and oxygen atoms in total. The summed E-state index contributed by atoms with van der Waals surface area (Å²) in [6.45, 7) is 7.46. The molecule has 1 spiro atoms. The van der Waals surface area contributed by atoms with Gasteiger partial charge in [-0.05, 0) is 50.5 Å². The fraction of sp³-hybridized carbons (Fsp3) is 0.857. The third-order valence-corrected chi connectivity index (χ3v) is 6.70. The van der Waals surface area contributed by atoms with Crippen LogP contribution in [0.1, 0.15) is 68.8 Å². The van der Waals surface area contributed by atoms with Gasteiger partial charge in [0.1, 0.15) is 6.54 Å². The third-order valence-electron chi connectivity index (χ3n) is 6.70. The molecule has 1 aliphatic carbocycles. The van der Waals surface area contributed by atoms with E-state index < -0.39 is 5.92 Å². The molecule has 158 valence electrons. The van der Waals surface area contributed by atoms with E-state index in [9.17, 15) is 8.78 Å². The maximum atomic E-state index is 14.0. The summed E-state index contributed by atoms with van der Waals surface area (Å²) >= 11 is 0. The van der Waals surface area contributed by atoms with Crippen LogP contribution in [0, 0.1) is 5.41 Å². The van der Waals surface area contributed by atoms with Gasteiger partial charge in [0.05, 0.1) is 24.3 Å². The largest absolute Gasteiger partial charge is 0.374 e. The highest BCUT2D eigenvalue weighted by atomic mass is 19.3. The zero-order valence-electron chi connectivity index (χ0n) is 17.4. The lowest BCUT2D eigenvalue weighted by atomic mass is 9.71. The monoisotopic (exact) mass is 396 g/mol. The number of nitrogens with zero attached hydrogens (tertiary/aromatic N) is 2. The number of hydrogen-bond donors (Lipinski definition) is 2. The molecule has 0 radical (unpaired) electrons. The molecule has 1 aromatic heterocycles. The second-order valence-corrected chi connectivity index (χ2v) is 9.86. The average molecular weight is 397 g/mol. The van der Waals surface area contributed by atoms with Crippen molar-refractivity contribution in [2.45, 2.75) is 82.9 Å². The average Bonchev–Trinajstić information content (AvgIpc) is 3.20. The van der Waals surface area contributed by atoms with Crippen LogP contribution in [0.2, 0.25) is 0 Å². The van der Waals surface area contributed by atoms with E-state index in [0.717, 1.165) is 68.8 Å². The Morgan fingerprint density at radius 2 is 1.96 bits per heavy atom. The van der Waals surface area contributed by atoms with Crippen LogP contribution in [-0.4, -0.2) is 48.0 Å². The van der Waals surface area contributed by atoms with Crippen molar-refractivity contribution in [3.8, 4) is 0 Å². The van der Waals surface area contributed by atoms with E-state index in [1.165, 1.54) is 0 Å². The number of likely N-dealkylation sites (N-methyl/N-ethyl adjacent to an activating group) is 1. The molecule has 0 aromatic carbocycles. The second-order valence-electron chi connectivity index (χ2n) is 9.86. The minimum absolute atomic E-state index is 0.00544. The molecule has 2 fully saturated rings. The highest BCUT2D eigenvalue weighted by molar-refractivity contribution is 5.34. The summed E-state index contributed by atoms with van der Waals surface area (Å²) in [6.07, 6.45) is 4.99. The molecule has 28 heavy (non-hydrogen) atoms. The second kappa shape index (κ2) is 7.33. The Morgan fingerprint density at radius 1 is 1.21 bits per heavy atom. The van der Waals surface area contributed by atoms with Gasteiger partial charge in [-0.15, -0.1) is 0 Å². The van der Waals surface area contributed by atoms with Gasteiger partial charge in [0.25, 0.3) is 5.92 Å². The maximum absolute atomic E-state index is 14.0. The molecule has 2 aliphatic heterocycles. The van der Waals surface area contributed by atoms with Crippen molar-refractivity contribution in [3.63, 3.8) is 0 Å². The number of aromatic nitrogens is 2. The first-order valence-corrected chi connectivity index (χ1v) is 10.7. The van der Waals surface area contributed by atoms with Crippen molar-refractivity contribution >= 4 is 0 Å². The van der Waals surface area contributed by atoms with Crippen LogP contribution in [0.5, 0.6) is 0 Å². The zero-order valence-corrected chi connectivity index (χ0v) is 17.4. The number of ether oxygens (including phenoxy) is 1. The zero-order chi connectivity index (χ0) is 20.0. The van der Waals surface area contributed by atoms with Gasteiger partial charge in [0, 0.05) is 30.9 Å². The molecule has 3 aliphatic rings. The third kappa shape index (κ3) is 3.98. The Balaban J connectivity index is 1.50. The van der Waals surface area contributed by atoms with E-state index in [0.29, 0.717) is 12.5 Å². The molecule has 3 heterocycles. The van der Waals surface area contributed by atoms with Crippen molar-refractivity contribution in [1.82, 2.24) is 20.4 Å². The standard InChI is InChI=1S/C21H34F2N4O/c1-19(2)12-20(28-14-19)6-4-15(5-7-20)18-16(11-25-9-8-24-3)26-27-13-21(22,23)10-17(18)27/h15,24-25H,4-14H2,1-3H3/t15-,20+. The molecular weight excluding hydrogens is 362 g/mol. The molecule has 2 N–H and O–H groups in total. The minimum atomic E-state index is -2.66. The number of nitrogens with one attached hydrogen (secondary N) is 2. The SMILES string of the molecule is CNCCNCc1nn2c(c1[C@H]1CC[C@@]3(CC1)CC(C)(C)CO3)CC(F)(F)C2. The Morgan fingerprint density at radius 3 is 2.61 bits per heavy atom. The van der Waals surface area contributed by atoms with E-state index in [2.05, 4.69) is 29.6 Å². The first kappa shape index (κ1) is 20.2. The highest BCUT2D eigenvalue weighted by Crippen LogP contribution is 2.51. The molecule has 1 aromatic rings. The van der Waals surface area contributed by atoms with Crippen LogP contribution in [0.3, 0.4) is 0 Å². The van der Waals surface area contributed by atoms with Gasteiger partial charge in [-0.1, -0.05) is 13.8 Å². The van der Waals surface area contributed by atoms with E-state index in [1.54, 1.807) is 4.68 Å². The number of alkyl halides is 2. The smallest absolute Gasteiger partial charge is 0.272 e. The summed E-state index contributed by atoms with van der Waals surface area (Å²) < 4.78 is 35.9. The summed E-state index contributed by atoms with van der Waals surface area (Å²) in [5, 5.41) is 11.1. The minimum Gasteiger partial charge on any atom is -0.374 e.